The molecule has 0 amide bonds. The molecule has 0 saturated carbocycles. The minimum absolute atomic E-state index is 0.0635. The molecule has 0 bridgehead atoms. The zero-order valence-electron chi connectivity index (χ0n) is 14.1. The van der Waals surface area contributed by atoms with Crippen molar-refractivity contribution in [3.63, 3.8) is 0 Å². The number of aromatic nitrogens is 4. The van der Waals surface area contributed by atoms with Crippen LogP contribution in [0.2, 0.25) is 0 Å². The van der Waals surface area contributed by atoms with Gasteiger partial charge in [0, 0.05) is 13.1 Å². The van der Waals surface area contributed by atoms with Gasteiger partial charge in [-0.05, 0) is 12.1 Å². The molecule has 1 saturated heterocycles. The van der Waals surface area contributed by atoms with Crippen molar-refractivity contribution in [3.8, 4) is 17.3 Å². The van der Waals surface area contributed by atoms with Crippen molar-refractivity contribution in [2.75, 3.05) is 25.0 Å². The van der Waals surface area contributed by atoms with Gasteiger partial charge < -0.3 is 15.4 Å². The summed E-state index contributed by atoms with van der Waals surface area (Å²) in [5, 5.41) is 6.07. The fraction of sp³-hybridized carbons (Fsp3) is 0.353. The summed E-state index contributed by atoms with van der Waals surface area (Å²) >= 11 is 0. The van der Waals surface area contributed by atoms with E-state index in [1.165, 1.54) is 12.4 Å². The number of anilines is 1. The standard InChI is InChI=1S/C17H17F3N6O/c18-10-4-21-5-12(10)25-15-3-1-2-11(24-15)13-6-22-16-7-23-17(8-26(13)16)27-9-14(19)20/h1-3,6-8,10,12,14,21H,4-5,9H2,(H,24,25). The molecule has 0 spiro atoms. The minimum atomic E-state index is -2.58. The number of pyridine rings is 1. The number of fused-ring (bicyclic) bond motifs is 1. The van der Waals surface area contributed by atoms with Crippen LogP contribution in [0.25, 0.3) is 17.0 Å². The first-order valence-electron chi connectivity index (χ1n) is 8.43. The van der Waals surface area contributed by atoms with E-state index in [9.17, 15) is 13.2 Å². The quantitative estimate of drug-likeness (QED) is 0.685. The lowest BCUT2D eigenvalue weighted by atomic mass is 10.2. The van der Waals surface area contributed by atoms with Crippen LogP contribution >= 0.6 is 0 Å². The highest BCUT2D eigenvalue weighted by atomic mass is 19.3. The van der Waals surface area contributed by atoms with E-state index in [1.807, 2.05) is 0 Å². The van der Waals surface area contributed by atoms with Gasteiger partial charge in [-0.3, -0.25) is 4.40 Å². The van der Waals surface area contributed by atoms with E-state index in [0.29, 0.717) is 35.9 Å². The molecule has 0 radical (unpaired) electrons. The van der Waals surface area contributed by atoms with Crippen molar-refractivity contribution < 1.29 is 17.9 Å². The summed E-state index contributed by atoms with van der Waals surface area (Å²) in [4.78, 5) is 12.7. The molecule has 3 aromatic rings. The van der Waals surface area contributed by atoms with Crippen LogP contribution in [0.3, 0.4) is 0 Å². The van der Waals surface area contributed by atoms with Crippen LogP contribution in [0.5, 0.6) is 5.88 Å². The van der Waals surface area contributed by atoms with Gasteiger partial charge in [-0.2, -0.15) is 0 Å². The molecule has 0 aliphatic carbocycles. The number of ether oxygens (including phenoxy) is 1. The summed E-state index contributed by atoms with van der Waals surface area (Å²) in [5.41, 5.74) is 1.76. The molecule has 2 unspecified atom stereocenters. The highest BCUT2D eigenvalue weighted by molar-refractivity contribution is 5.61. The van der Waals surface area contributed by atoms with Crippen molar-refractivity contribution in [2.45, 2.75) is 18.6 Å². The Morgan fingerprint density at radius 2 is 2.15 bits per heavy atom. The van der Waals surface area contributed by atoms with E-state index in [1.54, 1.807) is 28.8 Å². The SMILES string of the molecule is FC(F)COc1cn2c(-c3cccc(NC4CNCC4F)n3)cnc2cn1. The first kappa shape index (κ1) is 17.5. The van der Waals surface area contributed by atoms with Gasteiger partial charge >= 0.3 is 0 Å². The molecule has 7 nitrogen and oxygen atoms in total. The third kappa shape index (κ3) is 3.80. The molecule has 4 heterocycles. The van der Waals surface area contributed by atoms with Gasteiger partial charge in [0.1, 0.15) is 12.0 Å². The predicted molar refractivity (Wildman–Crippen MR) is 92.9 cm³/mol. The fourth-order valence-corrected chi connectivity index (χ4v) is 2.92. The molecule has 1 aliphatic rings. The summed E-state index contributed by atoms with van der Waals surface area (Å²) in [6.45, 7) is 0.109. The number of nitrogens with zero attached hydrogens (tertiary/aromatic N) is 4. The van der Waals surface area contributed by atoms with E-state index >= 15 is 0 Å². The predicted octanol–water partition coefficient (Wildman–Crippen LogP) is 2.16. The van der Waals surface area contributed by atoms with E-state index < -0.39 is 19.2 Å². The lowest BCUT2D eigenvalue weighted by molar-refractivity contribution is 0.0793. The van der Waals surface area contributed by atoms with Crippen LogP contribution in [0.1, 0.15) is 0 Å². The highest BCUT2D eigenvalue weighted by Gasteiger charge is 2.26. The molecular formula is C17H17F3N6O. The first-order valence-corrected chi connectivity index (χ1v) is 8.43. The Bertz CT molecular complexity index is 934. The summed E-state index contributed by atoms with van der Waals surface area (Å²) in [6.07, 6.45) is 0.963. The highest BCUT2D eigenvalue weighted by Crippen LogP contribution is 2.22. The normalized spacial score (nSPS) is 19.7. The lowest BCUT2D eigenvalue weighted by Crippen LogP contribution is -2.29. The number of halogens is 3. The number of nitrogens with one attached hydrogen (secondary N) is 2. The second-order valence-electron chi connectivity index (χ2n) is 6.13. The van der Waals surface area contributed by atoms with Gasteiger partial charge in [-0.15, -0.1) is 0 Å². The zero-order valence-corrected chi connectivity index (χ0v) is 14.1. The summed E-state index contributed by atoms with van der Waals surface area (Å²) < 4.78 is 45.1. The van der Waals surface area contributed by atoms with Crippen molar-refractivity contribution >= 4 is 11.5 Å². The van der Waals surface area contributed by atoms with Crippen molar-refractivity contribution in [3.05, 3.63) is 36.8 Å². The molecule has 4 rings (SSSR count). The van der Waals surface area contributed by atoms with Gasteiger partial charge in [-0.25, -0.2) is 28.1 Å². The Hall–Kier alpha value is -2.88. The fourth-order valence-electron chi connectivity index (χ4n) is 2.92. The van der Waals surface area contributed by atoms with E-state index in [2.05, 4.69) is 25.6 Å². The number of imidazole rings is 1. The molecule has 142 valence electrons. The molecule has 2 atom stereocenters. The third-order valence-corrected chi connectivity index (χ3v) is 4.21. The van der Waals surface area contributed by atoms with Crippen LogP contribution in [0, 0.1) is 0 Å². The lowest BCUT2D eigenvalue weighted by Gasteiger charge is -2.15. The Morgan fingerprint density at radius 1 is 1.26 bits per heavy atom. The second kappa shape index (κ2) is 7.39. The van der Waals surface area contributed by atoms with Gasteiger partial charge in [0.15, 0.2) is 12.3 Å². The molecule has 2 N–H and O–H groups in total. The molecule has 0 aromatic carbocycles. The number of hydrogen-bond acceptors (Lipinski definition) is 6. The molecule has 3 aromatic heterocycles. The maximum atomic E-state index is 13.8. The van der Waals surface area contributed by atoms with E-state index in [-0.39, 0.29) is 11.9 Å². The average molecular weight is 378 g/mol. The van der Waals surface area contributed by atoms with Crippen LogP contribution in [-0.2, 0) is 0 Å². The maximum absolute atomic E-state index is 13.8. The number of rotatable bonds is 6. The monoisotopic (exact) mass is 378 g/mol. The largest absolute Gasteiger partial charge is 0.471 e. The minimum Gasteiger partial charge on any atom is -0.471 e. The van der Waals surface area contributed by atoms with E-state index in [4.69, 9.17) is 4.74 Å². The average Bonchev–Trinajstić information content (AvgIpc) is 3.26. The van der Waals surface area contributed by atoms with Gasteiger partial charge in [0.25, 0.3) is 6.43 Å². The third-order valence-electron chi connectivity index (χ3n) is 4.21. The molecule has 27 heavy (non-hydrogen) atoms. The van der Waals surface area contributed by atoms with Gasteiger partial charge in [0.05, 0.1) is 36.0 Å². The van der Waals surface area contributed by atoms with Gasteiger partial charge in [0.2, 0.25) is 5.88 Å². The Balaban J connectivity index is 1.61. The van der Waals surface area contributed by atoms with Gasteiger partial charge in [-0.1, -0.05) is 6.07 Å². The zero-order chi connectivity index (χ0) is 18.8. The van der Waals surface area contributed by atoms with Crippen molar-refractivity contribution in [1.29, 1.82) is 0 Å². The molecule has 1 fully saturated rings. The second-order valence-corrected chi connectivity index (χ2v) is 6.13. The Morgan fingerprint density at radius 3 is 2.93 bits per heavy atom. The first-order chi connectivity index (χ1) is 13.1. The van der Waals surface area contributed by atoms with Crippen LogP contribution in [0.4, 0.5) is 19.0 Å². The molecule has 10 heteroatoms. The molecule has 1 aliphatic heterocycles. The summed E-state index contributed by atoms with van der Waals surface area (Å²) in [5.74, 6) is 0.607. The number of hydrogen-bond donors (Lipinski definition) is 2. The van der Waals surface area contributed by atoms with Crippen molar-refractivity contribution in [1.82, 2.24) is 24.7 Å². The number of alkyl halides is 3. The maximum Gasteiger partial charge on any atom is 0.272 e. The Kier molecular flexibility index (Phi) is 4.80. The van der Waals surface area contributed by atoms with Crippen molar-refractivity contribution in [2.24, 2.45) is 0 Å². The molecular weight excluding hydrogens is 361 g/mol. The summed E-state index contributed by atoms with van der Waals surface area (Å²) in [7, 11) is 0. The van der Waals surface area contributed by atoms with Crippen LogP contribution < -0.4 is 15.4 Å². The van der Waals surface area contributed by atoms with Crippen LogP contribution in [0.15, 0.2) is 36.8 Å². The van der Waals surface area contributed by atoms with E-state index in [0.717, 1.165) is 0 Å². The van der Waals surface area contributed by atoms with Crippen LogP contribution in [-0.4, -0.2) is 57.7 Å². The smallest absolute Gasteiger partial charge is 0.272 e. The topological polar surface area (TPSA) is 76.4 Å². The Labute approximate surface area is 152 Å². The summed E-state index contributed by atoms with van der Waals surface area (Å²) in [6, 6.07) is 5.01.